The van der Waals surface area contributed by atoms with Crippen LogP contribution in [0.3, 0.4) is 0 Å². The molecular formula is C17H16BrF3N2OS. The molecule has 0 saturated carbocycles. The van der Waals surface area contributed by atoms with Gasteiger partial charge >= 0.3 is 6.18 Å². The maximum atomic E-state index is 13.1. The van der Waals surface area contributed by atoms with E-state index in [9.17, 15) is 18.0 Å². The summed E-state index contributed by atoms with van der Waals surface area (Å²) in [5.74, 6) is -0.550. The second-order valence-electron chi connectivity index (χ2n) is 5.82. The smallest absolute Gasteiger partial charge is 0.336 e. The third-order valence-electron chi connectivity index (χ3n) is 4.13. The molecule has 0 bridgehead atoms. The third kappa shape index (κ3) is 4.43. The summed E-state index contributed by atoms with van der Waals surface area (Å²) in [5.41, 5.74) is -1.14. The monoisotopic (exact) mass is 432 g/mol. The molecule has 1 fully saturated rings. The summed E-state index contributed by atoms with van der Waals surface area (Å²) in [6, 6.07) is 9.02. The molecule has 0 unspecified atom stereocenters. The van der Waals surface area contributed by atoms with Gasteiger partial charge in [0.25, 0.3) is 5.91 Å². The van der Waals surface area contributed by atoms with Crippen LogP contribution in [-0.2, 0) is 12.7 Å². The number of thiophene rings is 1. The lowest BCUT2D eigenvalue weighted by Crippen LogP contribution is -2.48. The first-order chi connectivity index (χ1) is 11.8. The molecule has 0 spiro atoms. The summed E-state index contributed by atoms with van der Waals surface area (Å²) in [6.45, 7) is 2.94. The highest BCUT2D eigenvalue weighted by Gasteiger charge is 2.36. The molecular weight excluding hydrogens is 417 g/mol. The predicted octanol–water partition coefficient (Wildman–Crippen LogP) is 4.49. The van der Waals surface area contributed by atoms with Crippen molar-refractivity contribution in [3.63, 3.8) is 0 Å². The molecule has 0 atom stereocenters. The largest absolute Gasteiger partial charge is 0.417 e. The maximum Gasteiger partial charge on any atom is 0.417 e. The number of nitrogens with zero attached hydrogens (tertiary/aromatic N) is 2. The van der Waals surface area contributed by atoms with Gasteiger partial charge in [0.1, 0.15) is 0 Å². The van der Waals surface area contributed by atoms with E-state index in [-0.39, 0.29) is 5.56 Å². The Bertz CT molecular complexity index is 754. The van der Waals surface area contributed by atoms with Crippen molar-refractivity contribution in [2.24, 2.45) is 0 Å². The molecule has 1 aliphatic rings. The first kappa shape index (κ1) is 18.4. The van der Waals surface area contributed by atoms with Crippen LogP contribution < -0.4 is 0 Å². The Morgan fingerprint density at radius 1 is 1.08 bits per heavy atom. The fourth-order valence-corrected chi connectivity index (χ4v) is 4.38. The van der Waals surface area contributed by atoms with Crippen LogP contribution in [0.15, 0.2) is 40.2 Å². The molecule has 3 nitrogen and oxygen atoms in total. The zero-order valence-corrected chi connectivity index (χ0v) is 15.6. The molecule has 0 N–H and O–H groups in total. The van der Waals surface area contributed by atoms with Crippen LogP contribution in [0.1, 0.15) is 20.8 Å². The Kier molecular flexibility index (Phi) is 5.50. The highest BCUT2D eigenvalue weighted by Crippen LogP contribution is 2.32. The van der Waals surface area contributed by atoms with Gasteiger partial charge in [0.2, 0.25) is 0 Å². The zero-order chi connectivity index (χ0) is 18.0. The SMILES string of the molecule is O=C(c1ccccc1C(F)(F)F)N1CCN(Cc2ccc(Br)s2)CC1. The second kappa shape index (κ2) is 7.47. The molecule has 1 saturated heterocycles. The van der Waals surface area contributed by atoms with E-state index in [2.05, 4.69) is 20.8 Å². The van der Waals surface area contributed by atoms with Gasteiger partial charge in [-0.25, -0.2) is 0 Å². The van der Waals surface area contributed by atoms with Crippen LogP contribution in [0.4, 0.5) is 13.2 Å². The average Bonchev–Trinajstić information content (AvgIpc) is 2.99. The molecule has 8 heteroatoms. The first-order valence-electron chi connectivity index (χ1n) is 7.76. The molecule has 1 aromatic heterocycles. The number of hydrogen-bond donors (Lipinski definition) is 0. The van der Waals surface area contributed by atoms with Crippen molar-refractivity contribution >= 4 is 33.2 Å². The molecule has 3 rings (SSSR count). The summed E-state index contributed by atoms with van der Waals surface area (Å²) in [5, 5.41) is 0. The van der Waals surface area contributed by atoms with Crippen molar-refractivity contribution in [2.75, 3.05) is 26.2 Å². The second-order valence-corrected chi connectivity index (χ2v) is 8.37. The molecule has 134 valence electrons. The van der Waals surface area contributed by atoms with Gasteiger partial charge < -0.3 is 4.90 Å². The Balaban J connectivity index is 1.64. The minimum Gasteiger partial charge on any atom is -0.336 e. The van der Waals surface area contributed by atoms with Gasteiger partial charge in [0.15, 0.2) is 0 Å². The summed E-state index contributed by atoms with van der Waals surface area (Å²) in [4.78, 5) is 17.5. The Hall–Kier alpha value is -1.38. The topological polar surface area (TPSA) is 23.6 Å². The van der Waals surface area contributed by atoms with E-state index >= 15 is 0 Å². The van der Waals surface area contributed by atoms with Crippen LogP contribution in [-0.4, -0.2) is 41.9 Å². The number of amides is 1. The van der Waals surface area contributed by atoms with E-state index in [1.807, 2.05) is 12.1 Å². The van der Waals surface area contributed by atoms with Gasteiger partial charge in [-0.2, -0.15) is 13.2 Å². The van der Waals surface area contributed by atoms with Crippen LogP contribution in [0.5, 0.6) is 0 Å². The number of benzene rings is 1. The molecule has 1 aliphatic heterocycles. The fraction of sp³-hybridized carbons (Fsp3) is 0.353. The number of halogens is 4. The van der Waals surface area contributed by atoms with Crippen molar-refractivity contribution in [1.29, 1.82) is 0 Å². The lowest BCUT2D eigenvalue weighted by atomic mass is 10.1. The standard InChI is InChI=1S/C17H16BrF3N2OS/c18-15-6-5-12(25-15)11-22-7-9-23(10-8-22)16(24)13-3-1-2-4-14(13)17(19,20)21/h1-6H,7-11H2. The van der Waals surface area contributed by atoms with Crippen molar-refractivity contribution in [1.82, 2.24) is 9.80 Å². The van der Waals surface area contributed by atoms with Crippen molar-refractivity contribution < 1.29 is 18.0 Å². The van der Waals surface area contributed by atoms with E-state index in [0.29, 0.717) is 26.2 Å². The highest BCUT2D eigenvalue weighted by atomic mass is 79.9. The molecule has 1 aromatic carbocycles. The summed E-state index contributed by atoms with van der Waals surface area (Å²) < 4.78 is 40.4. The molecule has 1 amide bonds. The molecule has 25 heavy (non-hydrogen) atoms. The Morgan fingerprint density at radius 2 is 1.76 bits per heavy atom. The van der Waals surface area contributed by atoms with E-state index in [1.54, 1.807) is 11.3 Å². The fourth-order valence-electron chi connectivity index (χ4n) is 2.85. The Labute approximate surface area is 156 Å². The van der Waals surface area contributed by atoms with Crippen LogP contribution >= 0.6 is 27.3 Å². The van der Waals surface area contributed by atoms with E-state index < -0.39 is 17.6 Å². The minimum absolute atomic E-state index is 0.273. The minimum atomic E-state index is -4.53. The lowest BCUT2D eigenvalue weighted by molar-refractivity contribution is -0.138. The molecule has 0 aliphatic carbocycles. The highest BCUT2D eigenvalue weighted by molar-refractivity contribution is 9.11. The van der Waals surface area contributed by atoms with E-state index in [1.165, 1.54) is 28.0 Å². The average molecular weight is 433 g/mol. The van der Waals surface area contributed by atoms with Gasteiger partial charge in [-0.05, 0) is 40.2 Å². The normalized spacial score (nSPS) is 16.2. The molecule has 0 radical (unpaired) electrons. The lowest BCUT2D eigenvalue weighted by Gasteiger charge is -2.34. The number of alkyl halides is 3. The number of rotatable bonds is 3. The summed E-state index contributed by atoms with van der Waals surface area (Å²) in [7, 11) is 0. The quantitative estimate of drug-likeness (QED) is 0.713. The Morgan fingerprint density at radius 3 is 2.36 bits per heavy atom. The molecule has 2 aromatic rings. The van der Waals surface area contributed by atoms with E-state index in [0.717, 1.165) is 16.4 Å². The summed E-state index contributed by atoms with van der Waals surface area (Å²) >= 11 is 5.09. The van der Waals surface area contributed by atoms with Crippen molar-refractivity contribution in [3.05, 3.63) is 56.2 Å². The van der Waals surface area contributed by atoms with Crippen LogP contribution in [0.25, 0.3) is 0 Å². The number of hydrogen-bond acceptors (Lipinski definition) is 3. The van der Waals surface area contributed by atoms with Crippen LogP contribution in [0, 0.1) is 0 Å². The van der Waals surface area contributed by atoms with Crippen molar-refractivity contribution in [3.8, 4) is 0 Å². The van der Waals surface area contributed by atoms with Gasteiger partial charge in [-0.1, -0.05) is 12.1 Å². The molecule has 2 heterocycles. The number of carbonyl (C=O) groups is 1. The summed E-state index contributed by atoms with van der Waals surface area (Å²) in [6.07, 6.45) is -4.53. The van der Waals surface area contributed by atoms with Gasteiger partial charge in [-0.15, -0.1) is 11.3 Å². The van der Waals surface area contributed by atoms with Gasteiger partial charge in [-0.3, -0.25) is 9.69 Å². The first-order valence-corrected chi connectivity index (χ1v) is 9.37. The number of piperazine rings is 1. The predicted molar refractivity (Wildman–Crippen MR) is 94.6 cm³/mol. The van der Waals surface area contributed by atoms with Crippen LogP contribution in [0.2, 0.25) is 0 Å². The van der Waals surface area contributed by atoms with Gasteiger partial charge in [0, 0.05) is 37.6 Å². The van der Waals surface area contributed by atoms with Gasteiger partial charge in [0.05, 0.1) is 14.9 Å². The van der Waals surface area contributed by atoms with E-state index in [4.69, 9.17) is 0 Å². The zero-order valence-electron chi connectivity index (χ0n) is 13.2. The maximum absolute atomic E-state index is 13.1. The third-order valence-corrected chi connectivity index (χ3v) is 5.74. The van der Waals surface area contributed by atoms with Crippen molar-refractivity contribution in [2.45, 2.75) is 12.7 Å². The number of carbonyl (C=O) groups excluding carboxylic acids is 1.